The van der Waals surface area contributed by atoms with Gasteiger partial charge >= 0.3 is 0 Å². The molecule has 3 N–H and O–H groups in total. The molecule has 0 amide bonds. The molecule has 0 aromatic heterocycles. The van der Waals surface area contributed by atoms with Gasteiger partial charge in [0.1, 0.15) is 23.4 Å². The Hall–Kier alpha value is -2.89. The molecule has 2 aromatic carbocycles. The zero-order valence-corrected chi connectivity index (χ0v) is 15.7. The predicted molar refractivity (Wildman–Crippen MR) is 105 cm³/mol. The van der Waals surface area contributed by atoms with Crippen molar-refractivity contribution in [1.29, 1.82) is 0 Å². The monoisotopic (exact) mass is 357 g/mol. The fourth-order valence-electron chi connectivity index (χ4n) is 2.23. The summed E-state index contributed by atoms with van der Waals surface area (Å²) < 4.78 is 16.5. The van der Waals surface area contributed by atoms with Gasteiger partial charge < -0.3 is 25.3 Å². The fraction of sp³-hybridized carbons (Fsp3) is 0.350. The molecular weight excluding hydrogens is 330 g/mol. The molecule has 1 unspecified atom stereocenters. The molecule has 0 aliphatic carbocycles. The lowest BCUT2D eigenvalue weighted by atomic mass is 10.3. The van der Waals surface area contributed by atoms with Crippen molar-refractivity contribution in [2.45, 2.75) is 33.0 Å². The third-order valence-corrected chi connectivity index (χ3v) is 3.41. The number of nitrogens with two attached hydrogens (primary N) is 1. The molecule has 0 aliphatic heterocycles. The third-order valence-electron chi connectivity index (χ3n) is 3.41. The molecule has 0 saturated carbocycles. The van der Waals surface area contributed by atoms with Crippen LogP contribution in [0.25, 0.3) is 0 Å². The maximum atomic E-state index is 5.94. The number of nitrogens with zero attached hydrogens (tertiary/aromatic N) is 1. The van der Waals surface area contributed by atoms with Crippen molar-refractivity contribution < 1.29 is 14.2 Å². The zero-order valence-electron chi connectivity index (χ0n) is 15.7. The van der Waals surface area contributed by atoms with E-state index in [2.05, 4.69) is 10.3 Å². The topological polar surface area (TPSA) is 78.1 Å². The lowest BCUT2D eigenvalue weighted by Crippen LogP contribution is -2.25. The van der Waals surface area contributed by atoms with Crippen LogP contribution in [0.2, 0.25) is 0 Å². The summed E-state index contributed by atoms with van der Waals surface area (Å²) in [6.45, 7) is 6.37. The summed E-state index contributed by atoms with van der Waals surface area (Å²) in [6.07, 6.45) is 0.0400. The van der Waals surface area contributed by atoms with Crippen LogP contribution in [-0.2, 0) is 0 Å². The van der Waals surface area contributed by atoms with E-state index in [0.717, 1.165) is 22.9 Å². The molecule has 0 heterocycles. The van der Waals surface area contributed by atoms with E-state index in [9.17, 15) is 0 Å². The summed E-state index contributed by atoms with van der Waals surface area (Å²) in [5.74, 6) is 2.72. The maximum Gasteiger partial charge on any atom is 0.193 e. The average molecular weight is 357 g/mol. The number of nitrogens with one attached hydrogen (secondary N) is 1. The van der Waals surface area contributed by atoms with Gasteiger partial charge in [0.05, 0.1) is 19.8 Å². The molecule has 6 nitrogen and oxygen atoms in total. The first-order chi connectivity index (χ1) is 12.5. The Morgan fingerprint density at radius 1 is 0.923 bits per heavy atom. The predicted octanol–water partition coefficient (Wildman–Crippen LogP) is 3.68. The molecule has 140 valence electrons. The summed E-state index contributed by atoms with van der Waals surface area (Å²) in [7, 11) is 1.63. The van der Waals surface area contributed by atoms with E-state index in [1.165, 1.54) is 0 Å². The molecule has 0 radical (unpaired) electrons. The van der Waals surface area contributed by atoms with Gasteiger partial charge in [-0.1, -0.05) is 0 Å². The molecule has 2 rings (SSSR count). The van der Waals surface area contributed by atoms with E-state index >= 15 is 0 Å². The van der Waals surface area contributed by atoms with Gasteiger partial charge in [0, 0.05) is 5.69 Å². The highest BCUT2D eigenvalue weighted by molar-refractivity contribution is 5.92. The van der Waals surface area contributed by atoms with Gasteiger partial charge in [0.2, 0.25) is 0 Å². The van der Waals surface area contributed by atoms with Gasteiger partial charge in [0.25, 0.3) is 0 Å². The lowest BCUT2D eigenvalue weighted by Gasteiger charge is -2.14. The molecule has 0 bridgehead atoms. The van der Waals surface area contributed by atoms with Crippen LogP contribution in [0.4, 0.5) is 5.69 Å². The van der Waals surface area contributed by atoms with Crippen molar-refractivity contribution in [1.82, 2.24) is 0 Å². The Morgan fingerprint density at radius 2 is 1.46 bits per heavy atom. The van der Waals surface area contributed by atoms with Crippen molar-refractivity contribution in [3.63, 3.8) is 0 Å². The van der Waals surface area contributed by atoms with Gasteiger partial charge in [-0.2, -0.15) is 0 Å². The van der Waals surface area contributed by atoms with Crippen LogP contribution in [0.5, 0.6) is 17.2 Å². The summed E-state index contributed by atoms with van der Waals surface area (Å²) in [6, 6.07) is 15.0. The number of ether oxygens (including phenoxy) is 3. The number of hydrogen-bond acceptors (Lipinski definition) is 4. The molecule has 0 spiro atoms. The Balaban J connectivity index is 1.82. The normalized spacial score (nSPS) is 12.6. The summed E-state index contributed by atoms with van der Waals surface area (Å²) in [5.41, 5.74) is 6.79. The quantitative estimate of drug-likeness (QED) is 0.557. The highest BCUT2D eigenvalue weighted by atomic mass is 16.5. The number of hydrogen-bond donors (Lipinski definition) is 2. The zero-order chi connectivity index (χ0) is 18.9. The molecule has 1 atom stereocenters. The maximum absolute atomic E-state index is 5.94. The second-order valence-corrected chi connectivity index (χ2v) is 6.15. The SMILES string of the molecule is COc1ccc(OC(C)CN=C(N)Nc2ccc(OC(C)C)cc2)cc1. The van der Waals surface area contributed by atoms with Crippen molar-refractivity contribution in [3.05, 3.63) is 48.5 Å². The number of aliphatic imine (C=N–C) groups is 1. The van der Waals surface area contributed by atoms with Crippen LogP contribution in [0.1, 0.15) is 20.8 Å². The molecule has 6 heteroatoms. The van der Waals surface area contributed by atoms with Crippen molar-refractivity contribution in [3.8, 4) is 17.2 Å². The van der Waals surface area contributed by atoms with Crippen LogP contribution in [0.15, 0.2) is 53.5 Å². The Labute approximate surface area is 155 Å². The third kappa shape index (κ3) is 6.55. The van der Waals surface area contributed by atoms with Crippen LogP contribution in [-0.4, -0.2) is 31.8 Å². The Morgan fingerprint density at radius 3 is 2.04 bits per heavy atom. The molecular formula is C20H27N3O3. The molecule has 26 heavy (non-hydrogen) atoms. The summed E-state index contributed by atoms with van der Waals surface area (Å²) >= 11 is 0. The minimum Gasteiger partial charge on any atom is -0.497 e. The van der Waals surface area contributed by atoms with E-state index in [1.807, 2.05) is 69.3 Å². The van der Waals surface area contributed by atoms with E-state index in [1.54, 1.807) is 7.11 Å². The van der Waals surface area contributed by atoms with Crippen LogP contribution in [0, 0.1) is 0 Å². The first-order valence-corrected chi connectivity index (χ1v) is 8.60. The number of rotatable bonds is 8. The first kappa shape index (κ1) is 19.4. The van der Waals surface area contributed by atoms with Gasteiger partial charge in [-0.15, -0.1) is 0 Å². The second kappa shape index (κ2) is 9.56. The van der Waals surface area contributed by atoms with Gasteiger partial charge in [-0.25, -0.2) is 4.99 Å². The Bertz CT molecular complexity index is 697. The van der Waals surface area contributed by atoms with E-state index < -0.39 is 0 Å². The van der Waals surface area contributed by atoms with E-state index in [-0.39, 0.29) is 12.2 Å². The average Bonchev–Trinajstić information content (AvgIpc) is 2.62. The van der Waals surface area contributed by atoms with E-state index in [0.29, 0.717) is 12.5 Å². The summed E-state index contributed by atoms with van der Waals surface area (Å²) in [4.78, 5) is 4.32. The molecule has 2 aromatic rings. The van der Waals surface area contributed by atoms with E-state index in [4.69, 9.17) is 19.9 Å². The van der Waals surface area contributed by atoms with Crippen molar-refractivity contribution >= 4 is 11.6 Å². The summed E-state index contributed by atoms with van der Waals surface area (Å²) in [5, 5.41) is 3.06. The largest absolute Gasteiger partial charge is 0.497 e. The minimum absolute atomic E-state index is 0.106. The van der Waals surface area contributed by atoms with Gasteiger partial charge in [-0.3, -0.25) is 0 Å². The molecule has 0 fully saturated rings. The van der Waals surface area contributed by atoms with Crippen molar-refractivity contribution in [2.24, 2.45) is 10.7 Å². The number of guanidine groups is 1. The molecule has 0 saturated heterocycles. The standard InChI is InChI=1S/C20H27N3O3/c1-14(2)25-18-7-5-16(6-8-18)23-20(21)22-13-15(3)26-19-11-9-17(24-4)10-12-19/h5-12,14-15H,13H2,1-4H3,(H3,21,22,23). The number of benzene rings is 2. The minimum atomic E-state index is -0.106. The van der Waals surface area contributed by atoms with Crippen molar-refractivity contribution in [2.75, 3.05) is 19.0 Å². The molecule has 0 aliphatic rings. The van der Waals surface area contributed by atoms with Crippen LogP contribution >= 0.6 is 0 Å². The first-order valence-electron chi connectivity index (χ1n) is 8.60. The highest BCUT2D eigenvalue weighted by Crippen LogP contribution is 2.18. The van der Waals surface area contributed by atoms with Crippen LogP contribution in [0.3, 0.4) is 0 Å². The second-order valence-electron chi connectivity index (χ2n) is 6.15. The van der Waals surface area contributed by atoms with Gasteiger partial charge in [-0.05, 0) is 69.3 Å². The smallest absolute Gasteiger partial charge is 0.193 e. The van der Waals surface area contributed by atoms with Gasteiger partial charge in [0.15, 0.2) is 5.96 Å². The highest BCUT2D eigenvalue weighted by Gasteiger charge is 2.05. The number of methoxy groups -OCH3 is 1. The Kier molecular flexibility index (Phi) is 7.14. The number of anilines is 1. The van der Waals surface area contributed by atoms with Crippen LogP contribution < -0.4 is 25.3 Å². The fourth-order valence-corrected chi connectivity index (χ4v) is 2.23. The lowest BCUT2D eigenvalue weighted by molar-refractivity contribution is 0.230.